The van der Waals surface area contributed by atoms with E-state index in [9.17, 15) is 4.79 Å². The first kappa shape index (κ1) is 23.3. The van der Waals surface area contributed by atoms with Gasteiger partial charge in [-0.2, -0.15) is 15.5 Å². The van der Waals surface area contributed by atoms with Gasteiger partial charge in [-0.3, -0.25) is 0 Å². The monoisotopic (exact) mass is 426 g/mol. The second-order valence-corrected chi connectivity index (χ2v) is 9.36. The summed E-state index contributed by atoms with van der Waals surface area (Å²) in [4.78, 5) is 14.4. The van der Waals surface area contributed by atoms with Crippen LogP contribution in [0.15, 0.2) is 29.3 Å². The van der Waals surface area contributed by atoms with Crippen LogP contribution in [0.3, 0.4) is 0 Å². The molecule has 2 aliphatic rings. The van der Waals surface area contributed by atoms with Gasteiger partial charge in [0, 0.05) is 5.69 Å². The molecule has 2 aromatic rings. The summed E-state index contributed by atoms with van der Waals surface area (Å²) in [5, 5.41) is 18.0. The Morgan fingerprint density at radius 2 is 1.31 bits per heavy atom. The Hall–Kier alpha value is -3.40. The van der Waals surface area contributed by atoms with Crippen molar-refractivity contribution < 1.29 is 4.79 Å². The molecule has 0 heterocycles. The van der Waals surface area contributed by atoms with Crippen molar-refractivity contribution in [1.29, 1.82) is 10.5 Å². The lowest BCUT2D eigenvalue weighted by Gasteiger charge is -2.14. The van der Waals surface area contributed by atoms with Crippen LogP contribution in [-0.2, 0) is 4.79 Å². The van der Waals surface area contributed by atoms with Gasteiger partial charge >= 0.3 is 0 Å². The minimum atomic E-state index is 0.243. The molecule has 2 N–H and O–H groups in total. The van der Waals surface area contributed by atoms with Crippen LogP contribution < -0.4 is 5.73 Å². The van der Waals surface area contributed by atoms with Crippen molar-refractivity contribution in [1.82, 2.24) is 0 Å². The van der Waals surface area contributed by atoms with E-state index in [0.717, 1.165) is 46.5 Å². The number of anilines is 1. The summed E-state index contributed by atoms with van der Waals surface area (Å²) in [6.45, 7) is 8.31. The number of carbonyl (C=O) groups excluding carboxylic acids is 1. The van der Waals surface area contributed by atoms with Crippen LogP contribution in [0.2, 0.25) is 0 Å². The molecule has 0 aromatic heterocycles. The van der Waals surface area contributed by atoms with Crippen LogP contribution in [-0.4, -0.2) is 6.08 Å². The van der Waals surface area contributed by atoms with Crippen LogP contribution in [0.25, 0.3) is 0 Å². The van der Waals surface area contributed by atoms with Crippen molar-refractivity contribution in [2.75, 3.05) is 5.73 Å². The van der Waals surface area contributed by atoms with E-state index in [1.807, 2.05) is 38.1 Å². The van der Waals surface area contributed by atoms with E-state index in [-0.39, 0.29) is 5.92 Å². The van der Waals surface area contributed by atoms with Crippen molar-refractivity contribution in [3.05, 3.63) is 57.6 Å². The summed E-state index contributed by atoms with van der Waals surface area (Å²) < 4.78 is 0. The fourth-order valence-electron chi connectivity index (χ4n) is 4.04. The van der Waals surface area contributed by atoms with E-state index in [0.29, 0.717) is 23.3 Å². The number of hydrogen-bond donors (Lipinski definition) is 1. The zero-order valence-electron chi connectivity index (χ0n) is 19.3. The molecule has 0 saturated heterocycles. The van der Waals surface area contributed by atoms with E-state index < -0.39 is 0 Å². The molecule has 0 radical (unpaired) electrons. The fourth-order valence-corrected chi connectivity index (χ4v) is 4.04. The van der Waals surface area contributed by atoms with Crippen LogP contribution in [0.1, 0.15) is 110 Å². The van der Waals surface area contributed by atoms with Crippen molar-refractivity contribution in [2.45, 2.75) is 77.0 Å². The Labute approximate surface area is 190 Å². The zero-order chi connectivity index (χ0) is 23.4. The van der Waals surface area contributed by atoms with Crippen molar-refractivity contribution >= 4 is 17.5 Å². The van der Waals surface area contributed by atoms with Gasteiger partial charge < -0.3 is 5.73 Å². The molecule has 0 amide bonds. The number of aliphatic imine (C=N–C) groups is 1. The van der Waals surface area contributed by atoms with Crippen LogP contribution >= 0.6 is 0 Å². The van der Waals surface area contributed by atoms with Gasteiger partial charge in [-0.05, 0) is 95.9 Å². The van der Waals surface area contributed by atoms with Gasteiger partial charge in [0.05, 0.1) is 29.0 Å². The van der Waals surface area contributed by atoms with Gasteiger partial charge in [-0.1, -0.05) is 27.7 Å². The van der Waals surface area contributed by atoms with Crippen LogP contribution in [0.4, 0.5) is 11.4 Å². The van der Waals surface area contributed by atoms with Crippen molar-refractivity contribution in [2.24, 2.45) is 4.99 Å². The van der Waals surface area contributed by atoms with E-state index in [2.05, 4.69) is 31.0 Å². The number of nitriles is 2. The summed E-state index contributed by atoms with van der Waals surface area (Å²) in [7, 11) is 0. The maximum absolute atomic E-state index is 10.5. The highest BCUT2D eigenvalue weighted by Crippen LogP contribution is 2.47. The average Bonchev–Trinajstić information content (AvgIpc) is 3.67. The predicted octanol–water partition coefficient (Wildman–Crippen LogP) is 6.67. The topological polar surface area (TPSA) is 103 Å². The molecular weight excluding hydrogens is 396 g/mol. The summed E-state index contributed by atoms with van der Waals surface area (Å²) in [6, 6.07) is 12.0. The second-order valence-electron chi connectivity index (χ2n) is 9.36. The van der Waals surface area contributed by atoms with Crippen molar-refractivity contribution in [3.8, 4) is 12.1 Å². The Bertz CT molecular complexity index is 1090. The van der Waals surface area contributed by atoms with Gasteiger partial charge in [0.1, 0.15) is 0 Å². The summed E-state index contributed by atoms with van der Waals surface area (Å²) >= 11 is 0. The quantitative estimate of drug-likeness (QED) is 0.327. The summed E-state index contributed by atoms with van der Waals surface area (Å²) in [5.41, 5.74) is 13.5. The lowest BCUT2D eigenvalue weighted by Crippen LogP contribution is -2.02. The highest BCUT2D eigenvalue weighted by Gasteiger charge is 2.29. The molecule has 0 atom stereocenters. The van der Waals surface area contributed by atoms with E-state index in [1.165, 1.54) is 18.4 Å². The molecule has 2 fully saturated rings. The first-order chi connectivity index (χ1) is 15.3. The van der Waals surface area contributed by atoms with Gasteiger partial charge in [0.2, 0.25) is 6.08 Å². The largest absolute Gasteiger partial charge is 0.398 e. The number of hydrogen-bond acceptors (Lipinski definition) is 5. The molecule has 164 valence electrons. The zero-order valence-corrected chi connectivity index (χ0v) is 19.3. The third-order valence-corrected chi connectivity index (χ3v) is 6.11. The average molecular weight is 427 g/mol. The highest BCUT2D eigenvalue weighted by atomic mass is 16.1. The lowest BCUT2D eigenvalue weighted by atomic mass is 9.93. The first-order valence-corrected chi connectivity index (χ1v) is 11.3. The standard InChI is InChI=1S/C14H14N2O.C13H16N2/c1-9(2)12-5-10(7-15)6-13(11-3-4-11)14(12)16-8-17;1-8(2)11-5-9(7-14)6-12(13(11)15)10-3-4-10/h5-6,9,11H,3-4H2,1-2H3;5-6,8,10H,3-4,15H2,1-2H3. The molecule has 0 aliphatic heterocycles. The maximum atomic E-state index is 10.5. The molecule has 0 bridgehead atoms. The summed E-state index contributed by atoms with van der Waals surface area (Å²) in [6.07, 6.45) is 6.31. The highest BCUT2D eigenvalue weighted by molar-refractivity contribution is 5.64. The number of nitrogen functional groups attached to an aromatic ring is 1. The first-order valence-electron chi connectivity index (χ1n) is 11.3. The van der Waals surface area contributed by atoms with E-state index in [4.69, 9.17) is 16.3 Å². The second kappa shape index (κ2) is 9.82. The third kappa shape index (κ3) is 5.25. The molecule has 32 heavy (non-hydrogen) atoms. The molecular formula is C27H30N4O. The molecule has 2 saturated carbocycles. The van der Waals surface area contributed by atoms with Crippen molar-refractivity contribution in [3.63, 3.8) is 0 Å². The Balaban J connectivity index is 0.000000182. The van der Waals surface area contributed by atoms with Crippen LogP contribution in [0.5, 0.6) is 0 Å². The SMILES string of the molecule is CC(C)c1cc(C#N)cc(C2CC2)c1N.CC(C)c1cc(C#N)cc(C2CC2)c1N=C=O. The molecule has 2 aromatic carbocycles. The molecule has 5 heteroatoms. The lowest BCUT2D eigenvalue weighted by molar-refractivity contribution is 0.565. The van der Waals surface area contributed by atoms with Gasteiger partial charge in [-0.15, -0.1) is 0 Å². The third-order valence-electron chi connectivity index (χ3n) is 6.11. The number of nitrogens with zero attached hydrogens (tertiary/aromatic N) is 3. The van der Waals surface area contributed by atoms with Crippen LogP contribution in [0, 0.1) is 22.7 Å². The molecule has 4 rings (SSSR count). The molecule has 0 unspecified atom stereocenters. The summed E-state index contributed by atoms with van der Waals surface area (Å²) in [5.74, 6) is 1.70. The minimum Gasteiger partial charge on any atom is -0.398 e. The number of isocyanates is 1. The smallest absolute Gasteiger partial charge is 0.240 e. The molecule has 5 nitrogen and oxygen atoms in total. The molecule has 0 spiro atoms. The van der Waals surface area contributed by atoms with Gasteiger partial charge in [-0.25, -0.2) is 4.79 Å². The molecule has 2 aliphatic carbocycles. The fraction of sp³-hybridized carbons (Fsp3) is 0.444. The number of benzene rings is 2. The Morgan fingerprint density at radius 3 is 1.75 bits per heavy atom. The normalized spacial score (nSPS) is 14.8. The maximum Gasteiger partial charge on any atom is 0.240 e. The van der Waals surface area contributed by atoms with E-state index >= 15 is 0 Å². The van der Waals surface area contributed by atoms with Gasteiger partial charge in [0.15, 0.2) is 0 Å². The Kier molecular flexibility index (Phi) is 7.14. The minimum absolute atomic E-state index is 0.243. The van der Waals surface area contributed by atoms with Gasteiger partial charge in [0.25, 0.3) is 0 Å². The number of rotatable bonds is 5. The Morgan fingerprint density at radius 1 is 0.844 bits per heavy atom. The predicted molar refractivity (Wildman–Crippen MR) is 127 cm³/mol. The van der Waals surface area contributed by atoms with E-state index in [1.54, 1.807) is 6.08 Å². The number of nitrogens with two attached hydrogens (primary N) is 1.